The molecule has 2 aromatic rings. The summed E-state index contributed by atoms with van der Waals surface area (Å²) in [5.41, 5.74) is 2.51. The molecule has 0 bridgehead atoms. The molecular formula is C25H30N2O4. The molecule has 0 aromatic heterocycles. The van der Waals surface area contributed by atoms with Gasteiger partial charge in [-0.3, -0.25) is 4.90 Å². The largest absolute Gasteiger partial charge is 0.444 e. The average Bonchev–Trinajstić information content (AvgIpc) is 3.37. The predicted molar refractivity (Wildman–Crippen MR) is 119 cm³/mol. The van der Waals surface area contributed by atoms with E-state index in [9.17, 15) is 9.59 Å². The number of hydrogen-bond acceptors (Lipinski definition) is 4. The van der Waals surface area contributed by atoms with Crippen LogP contribution in [0.2, 0.25) is 0 Å². The Hall–Kier alpha value is -3.02. The van der Waals surface area contributed by atoms with Crippen molar-refractivity contribution in [1.82, 2.24) is 4.90 Å². The zero-order chi connectivity index (χ0) is 22.0. The van der Waals surface area contributed by atoms with E-state index < -0.39 is 5.60 Å². The molecule has 2 amide bonds. The van der Waals surface area contributed by atoms with Crippen molar-refractivity contribution in [3.05, 3.63) is 65.7 Å². The minimum atomic E-state index is -0.506. The molecule has 2 heterocycles. The van der Waals surface area contributed by atoms with E-state index in [-0.39, 0.29) is 30.6 Å². The van der Waals surface area contributed by atoms with Gasteiger partial charge in [0.15, 0.2) is 0 Å². The van der Waals surface area contributed by atoms with Gasteiger partial charge in [-0.05, 0) is 50.3 Å². The van der Waals surface area contributed by atoms with Crippen LogP contribution in [0.3, 0.4) is 0 Å². The van der Waals surface area contributed by atoms with Gasteiger partial charge in [0.2, 0.25) is 0 Å². The van der Waals surface area contributed by atoms with Crippen molar-refractivity contribution in [2.24, 2.45) is 5.92 Å². The molecule has 0 saturated carbocycles. The molecule has 0 radical (unpaired) electrons. The molecule has 0 spiro atoms. The van der Waals surface area contributed by atoms with E-state index in [1.165, 1.54) is 0 Å². The van der Waals surface area contributed by atoms with E-state index in [4.69, 9.17) is 9.47 Å². The number of carbonyl (C=O) groups is 2. The maximum absolute atomic E-state index is 12.9. The van der Waals surface area contributed by atoms with Gasteiger partial charge in [-0.2, -0.15) is 0 Å². The normalized spacial score (nSPS) is 20.5. The highest BCUT2D eigenvalue weighted by Gasteiger charge is 2.41. The fourth-order valence-corrected chi connectivity index (χ4v) is 4.42. The monoisotopic (exact) mass is 422 g/mol. The van der Waals surface area contributed by atoms with Crippen molar-refractivity contribution >= 4 is 17.9 Å². The third-order valence-electron chi connectivity index (χ3n) is 5.88. The summed E-state index contributed by atoms with van der Waals surface area (Å²) in [5.74, 6) is 0.452. The number of hydrogen-bond donors (Lipinski definition) is 0. The summed E-state index contributed by atoms with van der Waals surface area (Å²) in [4.78, 5) is 28.9. The van der Waals surface area contributed by atoms with Crippen LogP contribution in [0.25, 0.3) is 0 Å². The van der Waals surface area contributed by atoms with E-state index in [2.05, 4.69) is 6.07 Å². The minimum Gasteiger partial charge on any atom is -0.444 e. The second-order valence-corrected chi connectivity index (χ2v) is 9.29. The van der Waals surface area contributed by atoms with E-state index in [0.717, 1.165) is 23.2 Å². The Labute approximate surface area is 183 Å². The molecule has 6 heteroatoms. The number of nitrogens with zero attached hydrogens (tertiary/aromatic N) is 2. The molecule has 0 aliphatic carbocycles. The molecule has 0 N–H and O–H groups in total. The average molecular weight is 423 g/mol. The van der Waals surface area contributed by atoms with Crippen LogP contribution in [-0.4, -0.2) is 42.3 Å². The summed E-state index contributed by atoms with van der Waals surface area (Å²) in [6.45, 7) is 7.77. The first kappa shape index (κ1) is 21.2. The van der Waals surface area contributed by atoms with Gasteiger partial charge < -0.3 is 14.4 Å². The highest BCUT2D eigenvalue weighted by atomic mass is 16.6. The maximum atomic E-state index is 12.9. The Morgan fingerprint density at radius 2 is 1.68 bits per heavy atom. The van der Waals surface area contributed by atoms with Crippen LogP contribution in [0.15, 0.2) is 54.6 Å². The summed E-state index contributed by atoms with van der Waals surface area (Å²) >= 11 is 0. The number of carbonyl (C=O) groups excluding carboxylic acids is 2. The lowest BCUT2D eigenvalue weighted by Crippen LogP contribution is -2.36. The Bertz CT molecular complexity index is 938. The van der Waals surface area contributed by atoms with Gasteiger partial charge in [0, 0.05) is 25.6 Å². The van der Waals surface area contributed by atoms with Gasteiger partial charge in [0.25, 0.3) is 0 Å². The first-order chi connectivity index (χ1) is 14.8. The second-order valence-electron chi connectivity index (χ2n) is 9.29. The van der Waals surface area contributed by atoms with Crippen LogP contribution in [-0.2, 0) is 16.1 Å². The van der Waals surface area contributed by atoms with Gasteiger partial charge in [-0.25, -0.2) is 9.59 Å². The van der Waals surface area contributed by atoms with Crippen molar-refractivity contribution in [3.8, 4) is 0 Å². The molecule has 2 unspecified atom stereocenters. The van der Waals surface area contributed by atoms with Crippen molar-refractivity contribution in [1.29, 1.82) is 0 Å². The van der Waals surface area contributed by atoms with Crippen molar-refractivity contribution < 1.29 is 19.1 Å². The number of para-hydroxylation sites is 1. The van der Waals surface area contributed by atoms with Crippen LogP contribution in [0.4, 0.5) is 15.3 Å². The first-order valence-corrected chi connectivity index (χ1v) is 10.9. The Kier molecular flexibility index (Phi) is 5.90. The highest BCUT2D eigenvalue weighted by Crippen LogP contribution is 2.43. The van der Waals surface area contributed by atoms with Crippen LogP contribution in [0.1, 0.15) is 44.2 Å². The summed E-state index contributed by atoms with van der Waals surface area (Å²) in [6.07, 6.45) is 0.298. The summed E-state index contributed by atoms with van der Waals surface area (Å²) in [6, 6.07) is 17.7. The van der Waals surface area contributed by atoms with Crippen molar-refractivity contribution in [2.45, 2.75) is 45.3 Å². The number of fused-ring (bicyclic) bond motifs is 1. The smallest absolute Gasteiger partial charge is 0.414 e. The van der Waals surface area contributed by atoms with Gasteiger partial charge >= 0.3 is 12.2 Å². The molecule has 2 aliphatic rings. The summed E-state index contributed by atoms with van der Waals surface area (Å²) in [7, 11) is 0. The third kappa shape index (κ3) is 4.84. The van der Waals surface area contributed by atoms with Crippen LogP contribution >= 0.6 is 0 Å². The molecule has 6 nitrogen and oxygen atoms in total. The molecule has 2 atom stereocenters. The lowest BCUT2D eigenvalue weighted by atomic mass is 9.87. The van der Waals surface area contributed by atoms with E-state index >= 15 is 0 Å². The summed E-state index contributed by atoms with van der Waals surface area (Å²) < 4.78 is 11.1. The fourth-order valence-electron chi connectivity index (χ4n) is 4.42. The number of amides is 2. The number of rotatable bonds is 3. The number of ether oxygens (including phenoxy) is 2. The molecule has 1 saturated heterocycles. The molecule has 1 fully saturated rings. The Morgan fingerprint density at radius 1 is 0.968 bits per heavy atom. The van der Waals surface area contributed by atoms with Gasteiger partial charge in [0.1, 0.15) is 12.2 Å². The standard InChI is InChI=1S/C25H30N2O4/c1-25(2,3)31-23(28)26-14-13-19(15-26)21-16-27(22-12-8-7-11-20(21)22)24(29)30-17-18-9-5-4-6-10-18/h4-12,19,21H,13-17H2,1-3H3. The van der Waals surface area contributed by atoms with Crippen molar-refractivity contribution in [2.75, 3.05) is 24.5 Å². The Balaban J connectivity index is 1.43. The van der Waals surface area contributed by atoms with Gasteiger partial charge in [-0.1, -0.05) is 48.5 Å². The van der Waals surface area contributed by atoms with Gasteiger partial charge in [0.05, 0.1) is 5.69 Å². The molecule has 31 heavy (non-hydrogen) atoms. The highest BCUT2D eigenvalue weighted by molar-refractivity contribution is 5.91. The molecule has 2 aliphatic heterocycles. The maximum Gasteiger partial charge on any atom is 0.414 e. The zero-order valence-corrected chi connectivity index (χ0v) is 18.4. The molecule has 164 valence electrons. The SMILES string of the molecule is CC(C)(C)OC(=O)N1CCC(C2CN(C(=O)OCc3ccccc3)c3ccccc32)C1. The minimum absolute atomic E-state index is 0.174. The van der Waals surface area contributed by atoms with Crippen molar-refractivity contribution in [3.63, 3.8) is 0 Å². The molecule has 4 rings (SSSR count). The van der Waals surface area contributed by atoms with E-state index in [1.807, 2.05) is 69.3 Å². The topological polar surface area (TPSA) is 59.1 Å². The summed E-state index contributed by atoms with van der Waals surface area (Å²) in [5, 5.41) is 0. The quantitative estimate of drug-likeness (QED) is 0.684. The number of anilines is 1. The Morgan fingerprint density at radius 3 is 2.42 bits per heavy atom. The van der Waals surface area contributed by atoms with Gasteiger partial charge in [-0.15, -0.1) is 0 Å². The number of likely N-dealkylation sites (tertiary alicyclic amines) is 1. The van der Waals surface area contributed by atoms with E-state index in [0.29, 0.717) is 19.6 Å². The van der Waals surface area contributed by atoms with Crippen LogP contribution in [0.5, 0.6) is 0 Å². The van der Waals surface area contributed by atoms with E-state index in [1.54, 1.807) is 9.80 Å². The first-order valence-electron chi connectivity index (χ1n) is 10.9. The lowest BCUT2D eigenvalue weighted by Gasteiger charge is -2.25. The lowest BCUT2D eigenvalue weighted by molar-refractivity contribution is 0.0286. The predicted octanol–water partition coefficient (Wildman–Crippen LogP) is 5.18. The molecular weight excluding hydrogens is 392 g/mol. The van der Waals surface area contributed by atoms with Crippen LogP contribution in [0, 0.1) is 5.92 Å². The zero-order valence-electron chi connectivity index (χ0n) is 18.4. The van der Waals surface area contributed by atoms with Crippen LogP contribution < -0.4 is 4.90 Å². The number of benzene rings is 2. The third-order valence-corrected chi connectivity index (χ3v) is 5.88. The molecule has 2 aromatic carbocycles. The second kappa shape index (κ2) is 8.61. The fraction of sp³-hybridized carbons (Fsp3) is 0.440.